The molecular weight excluding hydrogens is 131 g/mol. The largest absolute Gasteiger partial charge is 0.457 e. The van der Waals surface area contributed by atoms with Crippen LogP contribution in [0.2, 0.25) is 0 Å². The monoisotopic (exact) mass is 141 g/mol. The van der Waals surface area contributed by atoms with E-state index < -0.39 is 11.8 Å². The van der Waals surface area contributed by atoms with E-state index in [4.69, 9.17) is 0 Å². The van der Waals surface area contributed by atoms with Crippen LogP contribution < -0.4 is 5.32 Å². The molecule has 4 heteroatoms. The van der Waals surface area contributed by atoms with Gasteiger partial charge in [0.2, 0.25) is 0 Å². The highest BCUT2D eigenvalue weighted by molar-refractivity contribution is 4.71. The summed E-state index contributed by atoms with van der Waals surface area (Å²) >= 11 is 0. The average Bonchev–Trinajstić information content (AvgIpc) is 1.14. The standard InChI is InChI=1S/C5H10F3N/c1-4(2,3)9-5(6,7)8/h9H,1-3H3. The maximum absolute atomic E-state index is 11.4. The normalized spacial score (nSPS) is 14.0. The second-order valence-electron chi connectivity index (χ2n) is 2.87. The van der Waals surface area contributed by atoms with Crippen LogP contribution >= 0.6 is 0 Å². The number of alkyl halides is 3. The summed E-state index contributed by atoms with van der Waals surface area (Å²) < 4.78 is 34.3. The van der Waals surface area contributed by atoms with Gasteiger partial charge in [-0.1, -0.05) is 0 Å². The lowest BCUT2D eigenvalue weighted by Gasteiger charge is -2.21. The molecule has 0 aromatic rings. The summed E-state index contributed by atoms with van der Waals surface area (Å²) in [6.45, 7) is 4.38. The van der Waals surface area contributed by atoms with Crippen molar-refractivity contribution in [2.45, 2.75) is 32.6 Å². The van der Waals surface area contributed by atoms with Gasteiger partial charge in [0, 0.05) is 5.54 Å². The van der Waals surface area contributed by atoms with Crippen molar-refractivity contribution in [3.05, 3.63) is 0 Å². The summed E-state index contributed by atoms with van der Waals surface area (Å²) in [6, 6.07) is 0. The number of nitrogens with one attached hydrogen (secondary N) is 1. The first-order chi connectivity index (χ1) is 3.71. The minimum atomic E-state index is -4.27. The summed E-state index contributed by atoms with van der Waals surface area (Å²) in [5.41, 5.74) is -0.891. The zero-order chi connectivity index (χ0) is 7.71. The van der Waals surface area contributed by atoms with Crippen LogP contribution in [0.4, 0.5) is 13.2 Å². The smallest absolute Gasteiger partial charge is 0.223 e. The molecule has 0 saturated carbocycles. The van der Waals surface area contributed by atoms with E-state index in [2.05, 4.69) is 0 Å². The third-order valence-electron chi connectivity index (χ3n) is 0.517. The topological polar surface area (TPSA) is 12.0 Å². The minimum absolute atomic E-state index is 0.891. The molecule has 0 heterocycles. The van der Waals surface area contributed by atoms with Gasteiger partial charge in [-0.05, 0) is 20.8 Å². The molecule has 56 valence electrons. The minimum Gasteiger partial charge on any atom is -0.223 e. The molecular formula is C5H10F3N. The van der Waals surface area contributed by atoms with E-state index in [1.807, 2.05) is 0 Å². The van der Waals surface area contributed by atoms with Crippen molar-refractivity contribution in [1.82, 2.24) is 5.32 Å². The summed E-state index contributed by atoms with van der Waals surface area (Å²) in [7, 11) is 0. The maximum Gasteiger partial charge on any atom is 0.457 e. The molecule has 0 atom stereocenters. The molecule has 0 aromatic heterocycles. The molecule has 0 spiro atoms. The van der Waals surface area contributed by atoms with Crippen LogP contribution in [0.1, 0.15) is 20.8 Å². The van der Waals surface area contributed by atoms with Crippen LogP contribution in [0.3, 0.4) is 0 Å². The summed E-state index contributed by atoms with van der Waals surface area (Å²) in [4.78, 5) is 0. The second-order valence-corrected chi connectivity index (χ2v) is 2.87. The molecule has 0 aliphatic heterocycles. The van der Waals surface area contributed by atoms with E-state index in [-0.39, 0.29) is 0 Å². The predicted molar refractivity (Wildman–Crippen MR) is 28.9 cm³/mol. The van der Waals surface area contributed by atoms with E-state index in [0.717, 1.165) is 0 Å². The Morgan fingerprint density at radius 2 is 1.33 bits per heavy atom. The molecule has 0 amide bonds. The molecule has 9 heavy (non-hydrogen) atoms. The van der Waals surface area contributed by atoms with Gasteiger partial charge in [0.25, 0.3) is 0 Å². The van der Waals surface area contributed by atoms with Crippen molar-refractivity contribution in [1.29, 1.82) is 0 Å². The van der Waals surface area contributed by atoms with Gasteiger partial charge in [-0.3, -0.25) is 0 Å². The van der Waals surface area contributed by atoms with Gasteiger partial charge < -0.3 is 0 Å². The zero-order valence-electron chi connectivity index (χ0n) is 5.63. The first-order valence-electron chi connectivity index (χ1n) is 2.57. The van der Waals surface area contributed by atoms with Crippen molar-refractivity contribution in [3.8, 4) is 0 Å². The van der Waals surface area contributed by atoms with Crippen LogP contribution in [-0.4, -0.2) is 11.8 Å². The van der Waals surface area contributed by atoms with Crippen LogP contribution in [-0.2, 0) is 0 Å². The van der Waals surface area contributed by atoms with E-state index >= 15 is 0 Å². The number of rotatable bonds is 0. The predicted octanol–water partition coefficient (Wildman–Crippen LogP) is 1.89. The Balaban J connectivity index is 3.75. The molecule has 0 saturated heterocycles. The highest BCUT2D eigenvalue weighted by Crippen LogP contribution is 2.15. The molecule has 1 N–H and O–H groups in total. The Kier molecular flexibility index (Phi) is 2.11. The molecule has 0 radical (unpaired) electrons. The van der Waals surface area contributed by atoms with Gasteiger partial charge >= 0.3 is 6.30 Å². The fourth-order valence-corrected chi connectivity index (χ4v) is 0.425. The van der Waals surface area contributed by atoms with Crippen LogP contribution in [0, 0.1) is 0 Å². The van der Waals surface area contributed by atoms with Crippen molar-refractivity contribution in [3.63, 3.8) is 0 Å². The first kappa shape index (κ1) is 8.75. The lowest BCUT2D eigenvalue weighted by Crippen LogP contribution is -2.45. The Bertz CT molecular complexity index is 77.4. The fraction of sp³-hybridized carbons (Fsp3) is 1.00. The van der Waals surface area contributed by atoms with Crippen LogP contribution in [0.15, 0.2) is 0 Å². The maximum atomic E-state index is 11.4. The van der Waals surface area contributed by atoms with Crippen molar-refractivity contribution < 1.29 is 13.2 Å². The SMILES string of the molecule is CC(C)(C)NC(F)(F)F. The van der Waals surface area contributed by atoms with Gasteiger partial charge in [-0.15, -0.1) is 0 Å². The fourth-order valence-electron chi connectivity index (χ4n) is 0.425. The van der Waals surface area contributed by atoms with Gasteiger partial charge in [-0.2, -0.15) is 13.2 Å². The third kappa shape index (κ3) is 7.75. The van der Waals surface area contributed by atoms with E-state index in [1.54, 1.807) is 0 Å². The van der Waals surface area contributed by atoms with Crippen LogP contribution in [0.25, 0.3) is 0 Å². The Hall–Kier alpha value is -0.250. The molecule has 0 bridgehead atoms. The highest BCUT2D eigenvalue weighted by atomic mass is 19.4. The van der Waals surface area contributed by atoms with Crippen LogP contribution in [0.5, 0.6) is 0 Å². The highest BCUT2D eigenvalue weighted by Gasteiger charge is 2.32. The summed E-state index contributed by atoms with van der Waals surface area (Å²) in [5.74, 6) is 0. The zero-order valence-corrected chi connectivity index (χ0v) is 5.63. The molecule has 0 unspecified atom stereocenters. The molecule has 0 rings (SSSR count). The molecule has 0 fully saturated rings. The van der Waals surface area contributed by atoms with Crippen molar-refractivity contribution in [2.24, 2.45) is 0 Å². The second kappa shape index (κ2) is 2.17. The molecule has 0 aliphatic carbocycles. The Morgan fingerprint density at radius 3 is 1.33 bits per heavy atom. The molecule has 1 nitrogen and oxygen atoms in total. The average molecular weight is 141 g/mol. The first-order valence-corrected chi connectivity index (χ1v) is 2.57. The lowest BCUT2D eigenvalue weighted by molar-refractivity contribution is -0.170. The van der Waals surface area contributed by atoms with E-state index in [1.165, 1.54) is 26.1 Å². The third-order valence-corrected chi connectivity index (χ3v) is 0.517. The van der Waals surface area contributed by atoms with Gasteiger partial charge in [-0.25, -0.2) is 5.32 Å². The summed E-state index contributed by atoms with van der Waals surface area (Å²) in [6.07, 6.45) is -4.27. The van der Waals surface area contributed by atoms with E-state index in [9.17, 15) is 13.2 Å². The Morgan fingerprint density at radius 1 is 1.00 bits per heavy atom. The number of hydrogen-bond donors (Lipinski definition) is 1. The number of halogens is 3. The Labute approximate surface area is 52.2 Å². The summed E-state index contributed by atoms with van der Waals surface area (Å²) in [5, 5.41) is 1.46. The van der Waals surface area contributed by atoms with Gasteiger partial charge in [0.1, 0.15) is 0 Å². The number of hydrogen-bond acceptors (Lipinski definition) is 1. The van der Waals surface area contributed by atoms with Crippen molar-refractivity contribution >= 4 is 0 Å². The van der Waals surface area contributed by atoms with Crippen molar-refractivity contribution in [2.75, 3.05) is 0 Å². The molecule has 0 aliphatic rings. The lowest BCUT2D eigenvalue weighted by atomic mass is 10.1. The van der Waals surface area contributed by atoms with Gasteiger partial charge in [0.15, 0.2) is 0 Å². The molecule has 0 aromatic carbocycles. The van der Waals surface area contributed by atoms with Gasteiger partial charge in [0.05, 0.1) is 0 Å². The quantitative estimate of drug-likeness (QED) is 0.508. The van der Waals surface area contributed by atoms with E-state index in [0.29, 0.717) is 0 Å².